The van der Waals surface area contributed by atoms with Crippen LogP contribution < -0.4 is 0 Å². The molecule has 0 saturated heterocycles. The van der Waals surface area contributed by atoms with E-state index in [0.29, 0.717) is 5.69 Å². The molecule has 0 atom stereocenters. The smallest absolute Gasteiger partial charge is 0.151 e. The summed E-state index contributed by atoms with van der Waals surface area (Å²) in [4.78, 5) is 0. The Morgan fingerprint density at radius 1 is 0.950 bits per heavy atom. The maximum Gasteiger partial charge on any atom is 0.151 e. The zero-order chi connectivity index (χ0) is 14.1. The van der Waals surface area contributed by atoms with Gasteiger partial charge < -0.3 is 0 Å². The third-order valence-corrected chi connectivity index (χ3v) is 3.14. The van der Waals surface area contributed by atoms with Crippen LogP contribution in [0.1, 0.15) is 0 Å². The number of benzene rings is 2. The summed E-state index contributed by atoms with van der Waals surface area (Å²) in [6, 6.07) is 14.3. The highest BCUT2D eigenvalue weighted by molar-refractivity contribution is 6.30. The number of halogens is 3. The van der Waals surface area contributed by atoms with Gasteiger partial charge in [0.05, 0.1) is 5.69 Å². The summed E-state index contributed by atoms with van der Waals surface area (Å²) >= 11 is 6.08. The predicted octanol–water partition coefficient (Wildman–Crippen LogP) is 4.47. The third-order valence-electron chi connectivity index (χ3n) is 2.87. The van der Waals surface area contributed by atoms with Gasteiger partial charge in [-0.15, -0.1) is 0 Å². The molecule has 3 aromatic rings. The van der Waals surface area contributed by atoms with Crippen molar-refractivity contribution in [2.24, 2.45) is 0 Å². The molecule has 0 N–H and O–H groups in total. The molecule has 0 bridgehead atoms. The molecule has 0 unspecified atom stereocenters. The van der Waals surface area contributed by atoms with Crippen LogP contribution in [0.3, 0.4) is 0 Å². The molecule has 0 amide bonds. The van der Waals surface area contributed by atoms with Gasteiger partial charge in [0.2, 0.25) is 0 Å². The fraction of sp³-hybridized carbons (Fsp3) is 0. The lowest BCUT2D eigenvalue weighted by molar-refractivity contribution is 0.574. The lowest BCUT2D eigenvalue weighted by Gasteiger charge is -2.04. The topological polar surface area (TPSA) is 17.8 Å². The molecule has 1 heterocycles. The second-order valence-corrected chi connectivity index (χ2v) is 4.61. The molecule has 5 heteroatoms. The molecule has 2 nitrogen and oxygen atoms in total. The van der Waals surface area contributed by atoms with E-state index in [1.54, 1.807) is 6.07 Å². The van der Waals surface area contributed by atoms with E-state index < -0.39 is 11.6 Å². The van der Waals surface area contributed by atoms with E-state index in [4.69, 9.17) is 11.6 Å². The second-order valence-electron chi connectivity index (χ2n) is 4.23. The largest absolute Gasteiger partial charge is 0.219 e. The third kappa shape index (κ3) is 2.30. The van der Waals surface area contributed by atoms with E-state index in [2.05, 4.69) is 5.10 Å². The van der Waals surface area contributed by atoms with Crippen LogP contribution in [0.5, 0.6) is 0 Å². The van der Waals surface area contributed by atoms with Gasteiger partial charge >= 0.3 is 0 Å². The lowest BCUT2D eigenvalue weighted by atomic mass is 10.2. The molecular formula is C15H9ClF2N2. The van der Waals surface area contributed by atoms with Crippen LogP contribution in [0.25, 0.3) is 16.9 Å². The van der Waals surface area contributed by atoms with Gasteiger partial charge in [0.1, 0.15) is 16.7 Å². The number of nitrogens with zero attached hydrogens (tertiary/aromatic N) is 2. The van der Waals surface area contributed by atoms with E-state index in [1.165, 1.54) is 16.8 Å². The molecular weight excluding hydrogens is 282 g/mol. The lowest BCUT2D eigenvalue weighted by Crippen LogP contribution is -2.00. The first kappa shape index (κ1) is 12.8. The van der Waals surface area contributed by atoms with Crippen molar-refractivity contribution >= 4 is 11.6 Å². The van der Waals surface area contributed by atoms with Crippen molar-refractivity contribution in [1.82, 2.24) is 9.78 Å². The highest BCUT2D eigenvalue weighted by atomic mass is 35.5. The van der Waals surface area contributed by atoms with Gasteiger partial charge in [-0.1, -0.05) is 41.9 Å². The zero-order valence-electron chi connectivity index (χ0n) is 10.2. The summed E-state index contributed by atoms with van der Waals surface area (Å²) in [5.41, 5.74) is 1.61. The molecule has 0 aliphatic rings. The van der Waals surface area contributed by atoms with Crippen molar-refractivity contribution < 1.29 is 8.78 Å². The van der Waals surface area contributed by atoms with Crippen LogP contribution in [0.2, 0.25) is 5.15 Å². The monoisotopic (exact) mass is 290 g/mol. The van der Waals surface area contributed by atoms with Gasteiger partial charge in [-0.05, 0) is 12.1 Å². The highest BCUT2D eigenvalue weighted by Gasteiger charge is 2.13. The summed E-state index contributed by atoms with van der Waals surface area (Å²) < 4.78 is 27.9. The van der Waals surface area contributed by atoms with E-state index in [9.17, 15) is 8.78 Å². The van der Waals surface area contributed by atoms with Crippen molar-refractivity contribution in [3.63, 3.8) is 0 Å². The molecule has 20 heavy (non-hydrogen) atoms. The molecule has 0 fully saturated rings. The van der Waals surface area contributed by atoms with Crippen molar-refractivity contribution in [2.45, 2.75) is 0 Å². The maximum atomic E-state index is 13.8. The van der Waals surface area contributed by atoms with Crippen LogP contribution in [0.4, 0.5) is 8.78 Å². The van der Waals surface area contributed by atoms with Gasteiger partial charge in [-0.3, -0.25) is 0 Å². The summed E-state index contributed by atoms with van der Waals surface area (Å²) in [6.07, 6.45) is 0. The van der Waals surface area contributed by atoms with Crippen LogP contribution in [-0.2, 0) is 0 Å². The van der Waals surface area contributed by atoms with Crippen LogP contribution in [0.15, 0.2) is 54.6 Å². The van der Waals surface area contributed by atoms with Crippen molar-refractivity contribution in [3.8, 4) is 16.9 Å². The second kappa shape index (κ2) is 5.06. The van der Waals surface area contributed by atoms with E-state index in [0.717, 1.165) is 11.6 Å². The zero-order valence-corrected chi connectivity index (χ0v) is 11.0. The molecule has 3 rings (SSSR count). The van der Waals surface area contributed by atoms with Crippen molar-refractivity contribution in [3.05, 3.63) is 71.4 Å². The van der Waals surface area contributed by atoms with Gasteiger partial charge in [0.15, 0.2) is 5.82 Å². The minimum Gasteiger partial charge on any atom is -0.219 e. The first-order valence-corrected chi connectivity index (χ1v) is 6.29. The number of hydrogen-bond acceptors (Lipinski definition) is 1. The Balaban J connectivity index is 2.10. The minimum atomic E-state index is -0.713. The van der Waals surface area contributed by atoms with E-state index in [-0.39, 0.29) is 10.8 Å². The van der Waals surface area contributed by atoms with Gasteiger partial charge in [0, 0.05) is 17.7 Å². The van der Waals surface area contributed by atoms with Gasteiger partial charge in [0.25, 0.3) is 0 Å². The van der Waals surface area contributed by atoms with E-state index in [1.807, 2.05) is 30.3 Å². The fourth-order valence-corrected chi connectivity index (χ4v) is 2.16. The molecule has 0 aliphatic carbocycles. The Morgan fingerprint density at radius 3 is 2.40 bits per heavy atom. The van der Waals surface area contributed by atoms with Crippen LogP contribution in [-0.4, -0.2) is 9.78 Å². The van der Waals surface area contributed by atoms with Crippen molar-refractivity contribution in [2.75, 3.05) is 0 Å². The molecule has 100 valence electrons. The Morgan fingerprint density at radius 2 is 1.70 bits per heavy atom. The maximum absolute atomic E-state index is 13.8. The molecule has 0 aliphatic heterocycles. The molecule has 0 radical (unpaired) electrons. The van der Waals surface area contributed by atoms with Crippen LogP contribution in [0, 0.1) is 11.6 Å². The first-order valence-electron chi connectivity index (χ1n) is 5.91. The van der Waals surface area contributed by atoms with Crippen molar-refractivity contribution in [1.29, 1.82) is 0 Å². The fourth-order valence-electron chi connectivity index (χ4n) is 1.93. The van der Waals surface area contributed by atoms with Crippen LogP contribution >= 0.6 is 11.6 Å². The average molecular weight is 291 g/mol. The highest BCUT2D eigenvalue weighted by Crippen LogP contribution is 2.25. The van der Waals surface area contributed by atoms with Gasteiger partial charge in [-0.2, -0.15) is 5.10 Å². The molecule has 2 aromatic carbocycles. The first-order chi connectivity index (χ1) is 9.65. The number of rotatable bonds is 2. The average Bonchev–Trinajstić information content (AvgIpc) is 2.82. The summed E-state index contributed by atoms with van der Waals surface area (Å²) in [5.74, 6) is -1.35. The number of aromatic nitrogens is 2. The summed E-state index contributed by atoms with van der Waals surface area (Å²) in [7, 11) is 0. The molecule has 0 spiro atoms. The standard InChI is InChI=1S/C15H9ClF2N2/c16-15-9-13(10-4-2-1-3-5-10)19-20(15)14-7-6-11(17)8-12(14)18/h1-9H. The Kier molecular flexibility index (Phi) is 3.24. The molecule has 0 saturated carbocycles. The van der Waals surface area contributed by atoms with E-state index >= 15 is 0 Å². The Bertz CT molecular complexity index is 754. The quantitative estimate of drug-likeness (QED) is 0.681. The Hall–Kier alpha value is -2.20. The summed E-state index contributed by atoms with van der Waals surface area (Å²) in [5, 5.41) is 4.52. The minimum absolute atomic E-state index is 0.110. The normalized spacial score (nSPS) is 10.8. The van der Waals surface area contributed by atoms with Gasteiger partial charge in [-0.25, -0.2) is 13.5 Å². The molecule has 1 aromatic heterocycles. The SMILES string of the molecule is Fc1ccc(-n2nc(-c3ccccc3)cc2Cl)c(F)c1. The summed E-state index contributed by atoms with van der Waals surface area (Å²) in [6.45, 7) is 0. The predicted molar refractivity (Wildman–Crippen MR) is 73.9 cm³/mol. The Labute approximate surface area is 119 Å². The number of hydrogen-bond donors (Lipinski definition) is 0.